The second kappa shape index (κ2) is 2.50. The predicted octanol–water partition coefficient (Wildman–Crippen LogP) is 2.92. The maximum absolute atomic E-state index is 9.55. The molecule has 0 fully saturated rings. The number of phenolic OH excluding ortho intramolecular Hbond substituents is 1. The summed E-state index contributed by atoms with van der Waals surface area (Å²) in [5, 5.41) is 9.55. The number of fused-ring (bicyclic) bond motifs is 1. The molecule has 1 heteroatoms. The summed E-state index contributed by atoms with van der Waals surface area (Å²) in [6, 6.07) is 4.07. The topological polar surface area (TPSA) is 20.2 Å². The number of benzene rings is 1. The first kappa shape index (κ1) is 8.61. The van der Waals surface area contributed by atoms with Crippen molar-refractivity contribution >= 4 is 0 Å². The van der Waals surface area contributed by atoms with E-state index in [4.69, 9.17) is 0 Å². The fourth-order valence-corrected chi connectivity index (χ4v) is 2.16. The number of hydrogen-bond acceptors (Lipinski definition) is 1. The highest BCUT2D eigenvalue weighted by Gasteiger charge is 2.30. The highest BCUT2D eigenvalue weighted by molar-refractivity contribution is 5.47. The normalized spacial score (nSPS) is 18.7. The third kappa shape index (κ3) is 1.23. The molecule has 0 saturated heterocycles. The van der Waals surface area contributed by atoms with E-state index in [1.807, 2.05) is 13.0 Å². The van der Waals surface area contributed by atoms with Crippen LogP contribution in [0.4, 0.5) is 0 Å². The van der Waals surface area contributed by atoms with Crippen LogP contribution in [0, 0.1) is 6.92 Å². The van der Waals surface area contributed by atoms with Gasteiger partial charge in [-0.1, -0.05) is 19.9 Å². The largest absolute Gasteiger partial charge is 0.508 e. The smallest absolute Gasteiger partial charge is 0.118 e. The van der Waals surface area contributed by atoms with Gasteiger partial charge >= 0.3 is 0 Å². The van der Waals surface area contributed by atoms with Crippen molar-refractivity contribution in [3.05, 3.63) is 28.8 Å². The molecule has 70 valence electrons. The lowest BCUT2D eigenvalue weighted by Gasteiger charge is -2.19. The lowest BCUT2D eigenvalue weighted by atomic mass is 9.86. The molecule has 0 bridgehead atoms. The standard InChI is InChI=1S/C12H16O/c1-8-6-10-9(7-11(8)13)4-5-12(10,2)3/h6-7,13H,4-5H2,1-3H3. The molecule has 0 spiro atoms. The third-order valence-electron chi connectivity index (χ3n) is 3.17. The third-order valence-corrected chi connectivity index (χ3v) is 3.17. The van der Waals surface area contributed by atoms with Crippen molar-refractivity contribution in [2.45, 2.75) is 39.0 Å². The van der Waals surface area contributed by atoms with Crippen LogP contribution in [0.15, 0.2) is 12.1 Å². The van der Waals surface area contributed by atoms with E-state index < -0.39 is 0 Å². The molecule has 0 saturated carbocycles. The Balaban J connectivity index is 2.61. The van der Waals surface area contributed by atoms with Crippen LogP contribution >= 0.6 is 0 Å². The molecular formula is C12H16O. The lowest BCUT2D eigenvalue weighted by Crippen LogP contribution is -2.11. The van der Waals surface area contributed by atoms with E-state index in [1.165, 1.54) is 17.5 Å². The molecule has 0 radical (unpaired) electrons. The molecule has 2 rings (SSSR count). The average molecular weight is 176 g/mol. The maximum atomic E-state index is 9.55. The fourth-order valence-electron chi connectivity index (χ4n) is 2.16. The number of rotatable bonds is 0. The summed E-state index contributed by atoms with van der Waals surface area (Å²) in [5.41, 5.74) is 4.04. The Hall–Kier alpha value is -0.980. The second-order valence-corrected chi connectivity index (χ2v) is 4.68. The van der Waals surface area contributed by atoms with Gasteiger partial charge in [-0.25, -0.2) is 0 Å². The molecule has 0 heterocycles. The van der Waals surface area contributed by atoms with E-state index in [0.717, 1.165) is 12.0 Å². The Kier molecular flexibility index (Phi) is 1.66. The van der Waals surface area contributed by atoms with Gasteiger partial charge < -0.3 is 5.11 Å². The summed E-state index contributed by atoms with van der Waals surface area (Å²) >= 11 is 0. The van der Waals surface area contributed by atoms with Crippen LogP contribution in [-0.4, -0.2) is 5.11 Å². The summed E-state index contributed by atoms with van der Waals surface area (Å²) in [6.45, 7) is 6.51. The molecular weight excluding hydrogens is 160 g/mol. The van der Waals surface area contributed by atoms with E-state index in [9.17, 15) is 5.11 Å². The van der Waals surface area contributed by atoms with Gasteiger partial charge in [0.05, 0.1) is 0 Å². The Bertz CT molecular complexity index is 350. The summed E-state index contributed by atoms with van der Waals surface area (Å²) < 4.78 is 0. The van der Waals surface area contributed by atoms with Crippen molar-refractivity contribution < 1.29 is 5.11 Å². The number of hydrogen-bond donors (Lipinski definition) is 1. The van der Waals surface area contributed by atoms with E-state index in [1.54, 1.807) is 0 Å². The summed E-state index contributed by atoms with van der Waals surface area (Å²) in [7, 11) is 0. The molecule has 1 aromatic carbocycles. The Labute approximate surface area is 79.4 Å². The molecule has 1 N–H and O–H groups in total. The van der Waals surface area contributed by atoms with Gasteiger partial charge in [0.15, 0.2) is 0 Å². The zero-order valence-corrected chi connectivity index (χ0v) is 8.52. The minimum Gasteiger partial charge on any atom is -0.508 e. The number of aryl methyl sites for hydroxylation is 2. The van der Waals surface area contributed by atoms with E-state index in [2.05, 4.69) is 19.9 Å². The zero-order chi connectivity index (χ0) is 9.64. The maximum Gasteiger partial charge on any atom is 0.118 e. The molecule has 0 amide bonds. The van der Waals surface area contributed by atoms with E-state index in [-0.39, 0.29) is 0 Å². The highest BCUT2D eigenvalue weighted by Crippen LogP contribution is 2.40. The van der Waals surface area contributed by atoms with Crippen molar-refractivity contribution in [2.75, 3.05) is 0 Å². The van der Waals surface area contributed by atoms with Gasteiger partial charge in [0, 0.05) is 0 Å². The fraction of sp³-hybridized carbons (Fsp3) is 0.500. The first-order chi connectivity index (χ1) is 6.00. The molecule has 0 aromatic heterocycles. The van der Waals surface area contributed by atoms with Crippen molar-refractivity contribution in [3.63, 3.8) is 0 Å². The molecule has 1 aromatic rings. The molecule has 0 unspecified atom stereocenters. The van der Waals surface area contributed by atoms with Crippen LogP contribution in [0.1, 0.15) is 37.0 Å². The highest BCUT2D eigenvalue weighted by atomic mass is 16.3. The molecule has 0 atom stereocenters. The Morgan fingerprint density at radius 1 is 1.31 bits per heavy atom. The molecule has 13 heavy (non-hydrogen) atoms. The van der Waals surface area contributed by atoms with Gasteiger partial charge in [-0.15, -0.1) is 0 Å². The molecule has 0 aliphatic heterocycles. The van der Waals surface area contributed by atoms with Gasteiger partial charge in [0.25, 0.3) is 0 Å². The van der Waals surface area contributed by atoms with Gasteiger partial charge in [-0.3, -0.25) is 0 Å². The van der Waals surface area contributed by atoms with Crippen LogP contribution < -0.4 is 0 Å². The first-order valence-electron chi connectivity index (χ1n) is 4.84. The first-order valence-corrected chi connectivity index (χ1v) is 4.84. The zero-order valence-electron chi connectivity index (χ0n) is 8.52. The van der Waals surface area contributed by atoms with Crippen LogP contribution in [0.3, 0.4) is 0 Å². The second-order valence-electron chi connectivity index (χ2n) is 4.68. The predicted molar refractivity (Wildman–Crippen MR) is 54.2 cm³/mol. The summed E-state index contributed by atoms with van der Waals surface area (Å²) in [6.07, 6.45) is 2.31. The Morgan fingerprint density at radius 3 is 2.69 bits per heavy atom. The summed E-state index contributed by atoms with van der Waals surface area (Å²) in [4.78, 5) is 0. The van der Waals surface area contributed by atoms with Crippen LogP contribution in [0.25, 0.3) is 0 Å². The quantitative estimate of drug-likeness (QED) is 0.644. The molecule has 1 aliphatic carbocycles. The minimum atomic E-state index is 0.299. The molecule has 1 nitrogen and oxygen atoms in total. The lowest BCUT2D eigenvalue weighted by molar-refractivity contribution is 0.470. The van der Waals surface area contributed by atoms with Gasteiger partial charge in [0.2, 0.25) is 0 Å². The van der Waals surface area contributed by atoms with Crippen molar-refractivity contribution in [2.24, 2.45) is 0 Å². The van der Waals surface area contributed by atoms with Crippen LogP contribution in [0.5, 0.6) is 5.75 Å². The van der Waals surface area contributed by atoms with Gasteiger partial charge in [-0.05, 0) is 47.9 Å². The van der Waals surface area contributed by atoms with E-state index in [0.29, 0.717) is 11.2 Å². The van der Waals surface area contributed by atoms with Gasteiger partial charge in [-0.2, -0.15) is 0 Å². The molecule has 1 aliphatic rings. The van der Waals surface area contributed by atoms with Crippen molar-refractivity contribution in [3.8, 4) is 5.75 Å². The van der Waals surface area contributed by atoms with Crippen LogP contribution in [-0.2, 0) is 11.8 Å². The Morgan fingerprint density at radius 2 is 2.00 bits per heavy atom. The monoisotopic (exact) mass is 176 g/mol. The van der Waals surface area contributed by atoms with Crippen LogP contribution in [0.2, 0.25) is 0 Å². The van der Waals surface area contributed by atoms with E-state index >= 15 is 0 Å². The number of aromatic hydroxyl groups is 1. The minimum absolute atomic E-state index is 0.299. The van der Waals surface area contributed by atoms with Gasteiger partial charge in [0.1, 0.15) is 5.75 Å². The number of phenols is 1. The SMILES string of the molecule is Cc1cc2c(cc1O)CCC2(C)C. The van der Waals surface area contributed by atoms with Crippen molar-refractivity contribution in [1.82, 2.24) is 0 Å². The average Bonchev–Trinajstić information content (AvgIpc) is 2.31. The van der Waals surface area contributed by atoms with Crippen molar-refractivity contribution in [1.29, 1.82) is 0 Å². The summed E-state index contributed by atoms with van der Waals surface area (Å²) in [5.74, 6) is 0.441.